The Balaban J connectivity index is 1.67. The van der Waals surface area contributed by atoms with Crippen molar-refractivity contribution in [3.63, 3.8) is 0 Å². The molecule has 1 aliphatic heterocycles. The first kappa shape index (κ1) is 18.6. The van der Waals surface area contributed by atoms with E-state index in [0.717, 1.165) is 5.56 Å². The fourth-order valence-corrected chi connectivity index (χ4v) is 2.95. The van der Waals surface area contributed by atoms with Gasteiger partial charge in [-0.2, -0.15) is 0 Å². The van der Waals surface area contributed by atoms with Gasteiger partial charge in [0.05, 0.1) is 32.4 Å². The minimum atomic E-state index is -0.876. The van der Waals surface area contributed by atoms with Gasteiger partial charge in [-0.15, -0.1) is 0 Å². The lowest BCUT2D eigenvalue weighted by Gasteiger charge is -2.26. The predicted octanol–water partition coefficient (Wildman–Crippen LogP) is 2.67. The Bertz CT molecular complexity index is 852. The van der Waals surface area contributed by atoms with Gasteiger partial charge in [-0.3, -0.25) is 9.59 Å². The smallest absolute Gasteiger partial charge is 0.266 e. The molecule has 0 saturated heterocycles. The lowest BCUT2D eigenvalue weighted by Crippen LogP contribution is -2.41. The Morgan fingerprint density at radius 3 is 2.74 bits per heavy atom. The summed E-state index contributed by atoms with van der Waals surface area (Å²) in [6.07, 6.45) is -0.962. The third-order valence-electron chi connectivity index (χ3n) is 4.36. The number of nitrogens with one attached hydrogen (secondary N) is 2. The monoisotopic (exact) mass is 370 g/mol. The van der Waals surface area contributed by atoms with Crippen molar-refractivity contribution >= 4 is 17.5 Å². The lowest BCUT2D eigenvalue weighted by atomic mass is 10.1. The highest BCUT2D eigenvalue weighted by Crippen LogP contribution is 2.31. The number of benzene rings is 2. The molecule has 142 valence electrons. The number of hydrogen-bond acceptors (Lipinski definition) is 5. The zero-order chi connectivity index (χ0) is 19.4. The van der Waals surface area contributed by atoms with Gasteiger partial charge in [-0.1, -0.05) is 12.1 Å². The number of carbonyl (C=O) groups excluding carboxylic acids is 2. The number of amides is 2. The van der Waals surface area contributed by atoms with E-state index < -0.39 is 6.10 Å². The maximum Gasteiger partial charge on any atom is 0.266 e. The minimum absolute atomic E-state index is 0.0865. The zero-order valence-electron chi connectivity index (χ0n) is 15.4. The summed E-state index contributed by atoms with van der Waals surface area (Å²) < 4.78 is 16.3. The van der Waals surface area contributed by atoms with Crippen molar-refractivity contribution in [2.24, 2.45) is 0 Å². The van der Waals surface area contributed by atoms with Gasteiger partial charge in [0.15, 0.2) is 6.10 Å². The van der Waals surface area contributed by atoms with Crippen LogP contribution in [-0.4, -0.2) is 32.1 Å². The van der Waals surface area contributed by atoms with E-state index in [4.69, 9.17) is 14.2 Å². The molecule has 0 bridgehead atoms. The van der Waals surface area contributed by atoms with Gasteiger partial charge < -0.3 is 24.8 Å². The van der Waals surface area contributed by atoms with Crippen molar-refractivity contribution in [2.45, 2.75) is 25.5 Å². The molecule has 0 radical (unpaired) electrons. The van der Waals surface area contributed by atoms with Crippen molar-refractivity contribution in [1.29, 1.82) is 0 Å². The highest BCUT2D eigenvalue weighted by atomic mass is 16.5. The summed E-state index contributed by atoms with van der Waals surface area (Å²) in [5, 5.41) is 5.63. The van der Waals surface area contributed by atoms with Gasteiger partial charge >= 0.3 is 0 Å². The number of para-hydroxylation sites is 2. The third-order valence-corrected chi connectivity index (χ3v) is 4.36. The van der Waals surface area contributed by atoms with Gasteiger partial charge in [0.2, 0.25) is 5.91 Å². The Morgan fingerprint density at radius 2 is 2.00 bits per heavy atom. The average molecular weight is 370 g/mol. The molecule has 2 aromatic carbocycles. The Morgan fingerprint density at radius 1 is 1.22 bits per heavy atom. The standard InChI is InChI=1S/C20H22N2O5/c1-12(14-10-13(25-2)8-9-16(14)26-3)21-19(23)11-18-20(24)22-15-6-4-5-7-17(15)27-18/h4-10,12,18H,11H2,1-3H3,(H,21,23)(H,22,24)/t12-,18+/m0/s1. The molecule has 3 rings (SSSR count). The maximum absolute atomic E-state index is 12.5. The van der Waals surface area contributed by atoms with Crippen molar-refractivity contribution in [1.82, 2.24) is 5.32 Å². The molecule has 2 N–H and O–H groups in total. The van der Waals surface area contributed by atoms with E-state index in [9.17, 15) is 9.59 Å². The van der Waals surface area contributed by atoms with Crippen LogP contribution in [0.25, 0.3) is 0 Å². The summed E-state index contributed by atoms with van der Waals surface area (Å²) in [5.41, 5.74) is 1.39. The van der Waals surface area contributed by atoms with Crippen LogP contribution in [0, 0.1) is 0 Å². The Kier molecular flexibility index (Phi) is 5.49. The summed E-state index contributed by atoms with van der Waals surface area (Å²) >= 11 is 0. The Hall–Kier alpha value is -3.22. The van der Waals surface area contributed by atoms with Crippen LogP contribution in [0.5, 0.6) is 17.2 Å². The Labute approximate surface area is 157 Å². The van der Waals surface area contributed by atoms with E-state index in [2.05, 4.69) is 10.6 Å². The molecule has 0 unspecified atom stereocenters. The molecule has 2 aromatic rings. The minimum Gasteiger partial charge on any atom is -0.497 e. The van der Waals surface area contributed by atoms with Crippen LogP contribution < -0.4 is 24.8 Å². The average Bonchev–Trinajstić information content (AvgIpc) is 2.67. The highest BCUT2D eigenvalue weighted by Gasteiger charge is 2.30. The summed E-state index contributed by atoms with van der Waals surface area (Å²) in [7, 11) is 3.14. The third kappa shape index (κ3) is 4.13. The van der Waals surface area contributed by atoms with Crippen LogP contribution in [-0.2, 0) is 9.59 Å². The first-order chi connectivity index (χ1) is 13.0. The number of hydrogen-bond donors (Lipinski definition) is 2. The molecule has 0 spiro atoms. The summed E-state index contributed by atoms with van der Waals surface area (Å²) in [6, 6.07) is 12.2. The molecule has 2 amide bonds. The summed E-state index contributed by atoms with van der Waals surface area (Å²) in [6.45, 7) is 1.84. The second-order valence-corrected chi connectivity index (χ2v) is 6.19. The van der Waals surface area contributed by atoms with E-state index in [0.29, 0.717) is 22.9 Å². The number of fused-ring (bicyclic) bond motifs is 1. The zero-order valence-corrected chi connectivity index (χ0v) is 15.4. The molecule has 7 heteroatoms. The predicted molar refractivity (Wildman–Crippen MR) is 100 cm³/mol. The molecule has 2 atom stereocenters. The molecular weight excluding hydrogens is 348 g/mol. The van der Waals surface area contributed by atoms with Gasteiger partial charge in [0, 0.05) is 5.56 Å². The van der Waals surface area contributed by atoms with Crippen LogP contribution in [0.1, 0.15) is 24.9 Å². The van der Waals surface area contributed by atoms with Crippen molar-refractivity contribution < 1.29 is 23.8 Å². The van der Waals surface area contributed by atoms with E-state index in [1.54, 1.807) is 44.6 Å². The highest BCUT2D eigenvalue weighted by molar-refractivity contribution is 5.99. The van der Waals surface area contributed by atoms with E-state index in [1.807, 2.05) is 19.1 Å². The molecule has 0 saturated carbocycles. The van der Waals surface area contributed by atoms with Gasteiger partial charge in [-0.05, 0) is 37.3 Å². The molecule has 1 aliphatic rings. The quantitative estimate of drug-likeness (QED) is 0.817. The van der Waals surface area contributed by atoms with Gasteiger partial charge in [0.25, 0.3) is 5.91 Å². The summed E-state index contributed by atoms with van der Waals surface area (Å²) in [4.78, 5) is 24.6. The number of carbonyl (C=O) groups is 2. The van der Waals surface area contributed by atoms with E-state index in [-0.39, 0.29) is 24.3 Å². The normalized spacial score (nSPS) is 16.4. The first-order valence-electron chi connectivity index (χ1n) is 8.59. The lowest BCUT2D eigenvalue weighted by molar-refractivity contribution is -0.130. The second kappa shape index (κ2) is 7.99. The molecule has 1 heterocycles. The number of ether oxygens (including phenoxy) is 3. The van der Waals surface area contributed by atoms with Crippen molar-refractivity contribution in [3.05, 3.63) is 48.0 Å². The van der Waals surface area contributed by atoms with Crippen molar-refractivity contribution in [3.8, 4) is 17.2 Å². The molecule has 0 aliphatic carbocycles. The topological polar surface area (TPSA) is 85.9 Å². The van der Waals surface area contributed by atoms with Crippen LogP contribution in [0.2, 0.25) is 0 Å². The van der Waals surface area contributed by atoms with Crippen LogP contribution in [0.3, 0.4) is 0 Å². The molecule has 7 nitrogen and oxygen atoms in total. The second-order valence-electron chi connectivity index (χ2n) is 6.19. The van der Waals surface area contributed by atoms with Gasteiger partial charge in [-0.25, -0.2) is 0 Å². The van der Waals surface area contributed by atoms with E-state index in [1.165, 1.54) is 0 Å². The van der Waals surface area contributed by atoms with Crippen LogP contribution in [0.4, 0.5) is 5.69 Å². The molecule has 0 fully saturated rings. The number of rotatable bonds is 6. The molecule has 0 aromatic heterocycles. The number of anilines is 1. The largest absolute Gasteiger partial charge is 0.497 e. The fourth-order valence-electron chi connectivity index (χ4n) is 2.95. The van der Waals surface area contributed by atoms with E-state index >= 15 is 0 Å². The fraction of sp³-hybridized carbons (Fsp3) is 0.300. The van der Waals surface area contributed by atoms with Gasteiger partial charge in [0.1, 0.15) is 17.2 Å². The SMILES string of the molecule is COc1ccc(OC)c([C@H](C)NC(=O)C[C@H]2Oc3ccccc3NC2=O)c1. The summed E-state index contributed by atoms with van der Waals surface area (Å²) in [5.74, 6) is 1.22. The molecular formula is C20H22N2O5. The first-order valence-corrected chi connectivity index (χ1v) is 8.59. The van der Waals surface area contributed by atoms with Crippen LogP contribution in [0.15, 0.2) is 42.5 Å². The van der Waals surface area contributed by atoms with Crippen LogP contribution >= 0.6 is 0 Å². The maximum atomic E-state index is 12.5. The molecule has 27 heavy (non-hydrogen) atoms. The van der Waals surface area contributed by atoms with Crippen molar-refractivity contribution in [2.75, 3.05) is 19.5 Å². The number of methoxy groups -OCH3 is 2.